The van der Waals surface area contributed by atoms with Crippen LogP contribution >= 0.6 is 43.5 Å². The predicted octanol–water partition coefficient (Wildman–Crippen LogP) is 6.06. The first kappa shape index (κ1) is 14.9. The molecule has 0 fully saturated rings. The summed E-state index contributed by atoms with van der Waals surface area (Å²) >= 11 is 12.8. The van der Waals surface area contributed by atoms with E-state index in [1.807, 2.05) is 6.07 Å². The number of rotatable bonds is 3. The van der Waals surface area contributed by atoms with Gasteiger partial charge in [0, 0.05) is 19.9 Å². The number of halogens is 5. The molecule has 0 spiro atoms. The van der Waals surface area contributed by atoms with Crippen molar-refractivity contribution >= 4 is 43.5 Å². The average Bonchev–Trinajstić information content (AvgIpc) is 2.37. The van der Waals surface area contributed by atoms with Gasteiger partial charge < -0.3 is 0 Å². The van der Waals surface area contributed by atoms with Crippen LogP contribution < -0.4 is 0 Å². The third kappa shape index (κ3) is 3.56. The predicted molar refractivity (Wildman–Crippen MR) is 80.9 cm³/mol. The van der Waals surface area contributed by atoms with Crippen molar-refractivity contribution in [2.45, 2.75) is 11.2 Å². The molecule has 2 aromatic rings. The molecule has 0 saturated carbocycles. The van der Waals surface area contributed by atoms with E-state index in [2.05, 4.69) is 31.9 Å². The summed E-state index contributed by atoms with van der Waals surface area (Å²) in [5.41, 5.74) is 0.923. The molecular weight excluding hydrogens is 401 g/mol. The molecule has 0 saturated heterocycles. The van der Waals surface area contributed by atoms with Crippen LogP contribution in [0.15, 0.2) is 40.9 Å². The molecule has 19 heavy (non-hydrogen) atoms. The molecule has 2 rings (SSSR count). The van der Waals surface area contributed by atoms with Gasteiger partial charge in [-0.05, 0) is 42.3 Å². The standard InChI is InChI=1S/C14H9Br2ClF2/c15-11-5-4-8(17)6-9(11)12(16)7-10-13(18)2-1-3-14(10)19/h1-6,12H,7H2. The topological polar surface area (TPSA) is 0 Å². The highest BCUT2D eigenvalue weighted by atomic mass is 79.9. The highest BCUT2D eigenvalue weighted by molar-refractivity contribution is 9.11. The maximum absolute atomic E-state index is 13.6. The summed E-state index contributed by atoms with van der Waals surface area (Å²) in [5, 5.41) is 0.580. The van der Waals surface area contributed by atoms with E-state index in [1.165, 1.54) is 18.2 Å². The second-order valence-electron chi connectivity index (χ2n) is 4.04. The normalized spacial score (nSPS) is 12.5. The van der Waals surface area contributed by atoms with E-state index in [0.29, 0.717) is 5.02 Å². The van der Waals surface area contributed by atoms with Gasteiger partial charge in [0.15, 0.2) is 0 Å². The second kappa shape index (κ2) is 6.33. The Labute approximate surface area is 132 Å². The van der Waals surface area contributed by atoms with Crippen molar-refractivity contribution in [1.29, 1.82) is 0 Å². The lowest BCUT2D eigenvalue weighted by Crippen LogP contribution is -2.02. The summed E-state index contributed by atoms with van der Waals surface area (Å²) in [6, 6.07) is 9.19. The Morgan fingerprint density at radius 2 is 1.74 bits per heavy atom. The lowest BCUT2D eigenvalue weighted by molar-refractivity contribution is 0.554. The van der Waals surface area contributed by atoms with Crippen LogP contribution in [0.2, 0.25) is 5.02 Å². The Kier molecular flexibility index (Phi) is 4.98. The Morgan fingerprint density at radius 1 is 1.11 bits per heavy atom. The summed E-state index contributed by atoms with van der Waals surface area (Å²) in [5.74, 6) is -1.08. The van der Waals surface area contributed by atoms with Crippen molar-refractivity contribution < 1.29 is 8.78 Å². The van der Waals surface area contributed by atoms with E-state index < -0.39 is 11.6 Å². The van der Waals surface area contributed by atoms with Crippen LogP contribution in [0.25, 0.3) is 0 Å². The van der Waals surface area contributed by atoms with Crippen LogP contribution in [0.3, 0.4) is 0 Å². The van der Waals surface area contributed by atoms with E-state index in [4.69, 9.17) is 11.6 Å². The van der Waals surface area contributed by atoms with E-state index in [9.17, 15) is 8.78 Å². The first-order valence-corrected chi connectivity index (χ1v) is 7.59. The van der Waals surface area contributed by atoms with E-state index in [0.717, 1.165) is 10.0 Å². The molecule has 0 nitrogen and oxygen atoms in total. The lowest BCUT2D eigenvalue weighted by Gasteiger charge is -2.14. The zero-order valence-electron chi connectivity index (χ0n) is 9.64. The fourth-order valence-electron chi connectivity index (χ4n) is 1.77. The zero-order valence-corrected chi connectivity index (χ0v) is 13.6. The summed E-state index contributed by atoms with van der Waals surface area (Å²) < 4.78 is 28.1. The Balaban J connectivity index is 2.31. The fraction of sp³-hybridized carbons (Fsp3) is 0.143. The van der Waals surface area contributed by atoms with Gasteiger partial charge in [-0.15, -0.1) is 0 Å². The first-order chi connectivity index (χ1) is 8.99. The minimum Gasteiger partial charge on any atom is -0.207 e. The quantitative estimate of drug-likeness (QED) is 0.540. The van der Waals surface area contributed by atoms with Crippen molar-refractivity contribution in [3.05, 3.63) is 68.7 Å². The van der Waals surface area contributed by atoms with Crippen molar-refractivity contribution in [3.8, 4) is 0 Å². The molecule has 5 heteroatoms. The fourth-order valence-corrected chi connectivity index (χ4v) is 3.48. The van der Waals surface area contributed by atoms with Crippen molar-refractivity contribution in [1.82, 2.24) is 0 Å². The van der Waals surface area contributed by atoms with Crippen molar-refractivity contribution in [2.75, 3.05) is 0 Å². The molecule has 0 bridgehead atoms. The number of hydrogen-bond donors (Lipinski definition) is 0. The first-order valence-electron chi connectivity index (χ1n) is 5.51. The Bertz CT molecular complexity index is 582. The Hall–Kier alpha value is -0.450. The lowest BCUT2D eigenvalue weighted by atomic mass is 10.0. The van der Waals surface area contributed by atoms with Crippen LogP contribution in [0.5, 0.6) is 0 Å². The minimum absolute atomic E-state index is 0.0660. The van der Waals surface area contributed by atoms with Crippen LogP contribution in [0.4, 0.5) is 8.78 Å². The van der Waals surface area contributed by atoms with Crippen LogP contribution in [0.1, 0.15) is 16.0 Å². The van der Waals surface area contributed by atoms with Gasteiger partial charge in [-0.3, -0.25) is 0 Å². The monoisotopic (exact) mass is 408 g/mol. The van der Waals surface area contributed by atoms with Gasteiger partial charge in [-0.1, -0.05) is 49.5 Å². The molecule has 0 heterocycles. The molecule has 0 N–H and O–H groups in total. The second-order valence-corrected chi connectivity index (χ2v) is 6.43. The largest absolute Gasteiger partial charge is 0.207 e. The van der Waals surface area contributed by atoms with Gasteiger partial charge in [0.1, 0.15) is 11.6 Å². The third-order valence-corrected chi connectivity index (χ3v) is 4.51. The van der Waals surface area contributed by atoms with E-state index in [1.54, 1.807) is 12.1 Å². The summed E-state index contributed by atoms with van der Waals surface area (Å²) in [4.78, 5) is -0.230. The Morgan fingerprint density at radius 3 is 2.37 bits per heavy atom. The number of benzene rings is 2. The summed E-state index contributed by atoms with van der Waals surface area (Å²) in [6.07, 6.45) is 0.206. The highest BCUT2D eigenvalue weighted by Crippen LogP contribution is 2.35. The van der Waals surface area contributed by atoms with Gasteiger partial charge >= 0.3 is 0 Å². The van der Waals surface area contributed by atoms with E-state index >= 15 is 0 Å². The molecule has 0 radical (unpaired) electrons. The molecule has 0 aliphatic rings. The molecule has 2 aromatic carbocycles. The third-order valence-electron chi connectivity index (χ3n) is 2.74. The summed E-state index contributed by atoms with van der Waals surface area (Å²) in [7, 11) is 0. The van der Waals surface area contributed by atoms with Crippen LogP contribution in [-0.4, -0.2) is 0 Å². The molecule has 100 valence electrons. The van der Waals surface area contributed by atoms with Gasteiger partial charge in [-0.25, -0.2) is 8.78 Å². The molecular formula is C14H9Br2ClF2. The summed E-state index contributed by atoms with van der Waals surface area (Å²) in [6.45, 7) is 0. The minimum atomic E-state index is -0.539. The smallest absolute Gasteiger partial charge is 0.129 e. The maximum Gasteiger partial charge on any atom is 0.129 e. The highest BCUT2D eigenvalue weighted by Gasteiger charge is 2.17. The van der Waals surface area contributed by atoms with Crippen molar-refractivity contribution in [2.24, 2.45) is 0 Å². The van der Waals surface area contributed by atoms with E-state index in [-0.39, 0.29) is 16.8 Å². The van der Waals surface area contributed by atoms with Crippen LogP contribution in [-0.2, 0) is 6.42 Å². The van der Waals surface area contributed by atoms with Crippen molar-refractivity contribution in [3.63, 3.8) is 0 Å². The molecule has 1 unspecified atom stereocenters. The molecule has 0 aliphatic carbocycles. The SMILES string of the molecule is Fc1cccc(F)c1CC(Br)c1cc(Cl)ccc1Br. The van der Waals surface area contributed by atoms with Crippen LogP contribution in [0, 0.1) is 11.6 Å². The van der Waals surface area contributed by atoms with Gasteiger partial charge in [-0.2, -0.15) is 0 Å². The molecule has 1 atom stereocenters. The molecule has 0 aliphatic heterocycles. The number of hydrogen-bond acceptors (Lipinski definition) is 0. The van der Waals surface area contributed by atoms with Gasteiger partial charge in [0.25, 0.3) is 0 Å². The average molecular weight is 410 g/mol. The van der Waals surface area contributed by atoms with Gasteiger partial charge in [0.05, 0.1) is 0 Å². The molecule has 0 amide bonds. The zero-order chi connectivity index (χ0) is 14.0. The molecule has 0 aromatic heterocycles. The van der Waals surface area contributed by atoms with Gasteiger partial charge in [0.2, 0.25) is 0 Å². The maximum atomic E-state index is 13.6. The number of alkyl halides is 1.